The highest BCUT2D eigenvalue weighted by atomic mass is 35.5. The number of aryl methyl sites for hydroxylation is 1. The van der Waals surface area contributed by atoms with Gasteiger partial charge >= 0.3 is 12.1 Å². The fourth-order valence-electron chi connectivity index (χ4n) is 2.28. The number of nitrogens with one attached hydrogen (secondary N) is 1. The average molecular weight is 411 g/mol. The zero-order chi connectivity index (χ0) is 20.9. The number of halogens is 1. The number of amides is 1. The van der Waals surface area contributed by atoms with Crippen molar-refractivity contribution in [3.63, 3.8) is 0 Å². The second kappa shape index (κ2) is 8.92. The SMILES string of the molecule is COC(=O)C(Cc1cc(Cl)cnc1Oc1cnn(C)c1)NC(=O)OC(C)(C)C. The first-order chi connectivity index (χ1) is 13.1. The Bertz CT molecular complexity index is 847. The maximum Gasteiger partial charge on any atom is 0.408 e. The maximum atomic E-state index is 12.2. The molecule has 2 rings (SSSR count). The number of hydrogen-bond donors (Lipinski definition) is 1. The second-order valence-electron chi connectivity index (χ2n) is 7.00. The standard InChI is InChI=1S/C18H23ClN4O5/c1-18(2,3)28-17(25)22-14(16(24)26-5)7-11-6-12(19)8-20-15(11)27-13-9-21-23(4)10-13/h6,8-10,14H,7H2,1-5H3,(H,22,25). The molecule has 0 fully saturated rings. The van der Waals surface area contributed by atoms with E-state index in [1.54, 1.807) is 44.8 Å². The molecule has 0 saturated carbocycles. The zero-order valence-electron chi connectivity index (χ0n) is 16.4. The Labute approximate surface area is 167 Å². The Morgan fingerprint density at radius 2 is 2.04 bits per heavy atom. The molecule has 2 aromatic heterocycles. The van der Waals surface area contributed by atoms with E-state index in [-0.39, 0.29) is 12.3 Å². The van der Waals surface area contributed by atoms with E-state index in [4.69, 9.17) is 25.8 Å². The van der Waals surface area contributed by atoms with Gasteiger partial charge in [0.15, 0.2) is 5.75 Å². The Morgan fingerprint density at radius 3 is 2.61 bits per heavy atom. The topological polar surface area (TPSA) is 105 Å². The van der Waals surface area contributed by atoms with Gasteiger partial charge in [0.1, 0.15) is 11.6 Å². The first-order valence-electron chi connectivity index (χ1n) is 8.45. The molecule has 2 heterocycles. The fourth-order valence-corrected chi connectivity index (χ4v) is 2.46. The summed E-state index contributed by atoms with van der Waals surface area (Å²) in [7, 11) is 2.98. The van der Waals surface area contributed by atoms with Gasteiger partial charge < -0.3 is 19.5 Å². The molecule has 10 heteroatoms. The molecule has 0 spiro atoms. The van der Waals surface area contributed by atoms with Crippen molar-refractivity contribution in [3.05, 3.63) is 35.2 Å². The summed E-state index contributed by atoms with van der Waals surface area (Å²) in [5, 5.41) is 6.89. The van der Waals surface area contributed by atoms with E-state index in [1.807, 2.05) is 0 Å². The molecule has 0 bridgehead atoms. The van der Waals surface area contributed by atoms with Gasteiger partial charge in [-0.15, -0.1) is 0 Å². The lowest BCUT2D eigenvalue weighted by Crippen LogP contribution is -2.45. The highest BCUT2D eigenvalue weighted by molar-refractivity contribution is 6.30. The van der Waals surface area contributed by atoms with Gasteiger partial charge in [0.05, 0.1) is 24.5 Å². The lowest BCUT2D eigenvalue weighted by molar-refractivity contribution is -0.143. The van der Waals surface area contributed by atoms with Crippen LogP contribution in [0.25, 0.3) is 0 Å². The summed E-state index contributed by atoms with van der Waals surface area (Å²) in [4.78, 5) is 28.4. The van der Waals surface area contributed by atoms with Gasteiger partial charge in [0, 0.05) is 25.2 Å². The van der Waals surface area contributed by atoms with Gasteiger partial charge in [0.2, 0.25) is 5.88 Å². The number of esters is 1. The summed E-state index contributed by atoms with van der Waals surface area (Å²) in [5.74, 6) is 0.0590. The fraction of sp³-hybridized carbons (Fsp3) is 0.444. The van der Waals surface area contributed by atoms with Crippen LogP contribution >= 0.6 is 11.6 Å². The molecule has 0 aromatic carbocycles. The Morgan fingerprint density at radius 1 is 1.32 bits per heavy atom. The summed E-state index contributed by atoms with van der Waals surface area (Å²) >= 11 is 6.05. The molecule has 1 atom stereocenters. The van der Waals surface area contributed by atoms with Crippen LogP contribution in [0.4, 0.5) is 4.79 Å². The van der Waals surface area contributed by atoms with Gasteiger partial charge in [0.25, 0.3) is 0 Å². The predicted molar refractivity (Wildman–Crippen MR) is 101 cm³/mol. The zero-order valence-corrected chi connectivity index (χ0v) is 17.1. The normalized spacial score (nSPS) is 12.2. The molecule has 152 valence electrons. The van der Waals surface area contributed by atoms with Crippen LogP contribution in [0.5, 0.6) is 11.6 Å². The van der Waals surface area contributed by atoms with Crippen molar-refractivity contribution in [2.75, 3.05) is 7.11 Å². The molecule has 28 heavy (non-hydrogen) atoms. The van der Waals surface area contributed by atoms with E-state index in [2.05, 4.69) is 15.4 Å². The third-order valence-corrected chi connectivity index (χ3v) is 3.60. The number of carbonyl (C=O) groups excluding carboxylic acids is 2. The number of hydrogen-bond acceptors (Lipinski definition) is 7. The third-order valence-electron chi connectivity index (χ3n) is 3.39. The number of nitrogens with zero attached hydrogens (tertiary/aromatic N) is 3. The molecule has 9 nitrogen and oxygen atoms in total. The van der Waals surface area contributed by atoms with Crippen molar-refractivity contribution >= 4 is 23.7 Å². The van der Waals surface area contributed by atoms with Crippen LogP contribution in [0.1, 0.15) is 26.3 Å². The van der Waals surface area contributed by atoms with Gasteiger partial charge in [-0.25, -0.2) is 14.6 Å². The first-order valence-corrected chi connectivity index (χ1v) is 8.83. The van der Waals surface area contributed by atoms with Crippen molar-refractivity contribution in [3.8, 4) is 11.6 Å². The summed E-state index contributed by atoms with van der Waals surface area (Å²) in [5.41, 5.74) is -0.209. The number of ether oxygens (including phenoxy) is 3. The predicted octanol–water partition coefficient (Wildman–Crippen LogP) is 2.87. The molecular weight excluding hydrogens is 388 g/mol. The Hall–Kier alpha value is -2.81. The minimum absolute atomic E-state index is 0.0368. The van der Waals surface area contributed by atoms with E-state index in [1.165, 1.54) is 19.5 Å². The van der Waals surface area contributed by atoms with Crippen LogP contribution < -0.4 is 10.1 Å². The number of rotatable bonds is 6. The van der Waals surface area contributed by atoms with E-state index in [0.29, 0.717) is 16.3 Å². The van der Waals surface area contributed by atoms with Gasteiger partial charge in [-0.1, -0.05) is 11.6 Å². The average Bonchev–Trinajstić information content (AvgIpc) is 2.99. The molecule has 0 aliphatic rings. The smallest absolute Gasteiger partial charge is 0.408 e. The number of aromatic nitrogens is 3. The molecule has 0 radical (unpaired) electrons. The number of methoxy groups -OCH3 is 1. The maximum absolute atomic E-state index is 12.2. The minimum atomic E-state index is -1.02. The van der Waals surface area contributed by atoms with Crippen molar-refractivity contribution in [2.24, 2.45) is 7.05 Å². The lowest BCUT2D eigenvalue weighted by Gasteiger charge is -2.23. The summed E-state index contributed by atoms with van der Waals surface area (Å²) in [6, 6.07) is 0.587. The quantitative estimate of drug-likeness (QED) is 0.730. The van der Waals surface area contributed by atoms with Crippen LogP contribution in [-0.2, 0) is 27.7 Å². The Balaban J connectivity index is 2.23. The van der Waals surface area contributed by atoms with Crippen LogP contribution in [0.2, 0.25) is 5.02 Å². The molecule has 1 unspecified atom stereocenters. The van der Waals surface area contributed by atoms with Gasteiger partial charge in [-0.2, -0.15) is 5.10 Å². The van der Waals surface area contributed by atoms with Crippen LogP contribution in [0, 0.1) is 0 Å². The van der Waals surface area contributed by atoms with Crippen LogP contribution in [0.3, 0.4) is 0 Å². The van der Waals surface area contributed by atoms with Crippen molar-refractivity contribution in [1.29, 1.82) is 0 Å². The first kappa shape index (κ1) is 21.5. The molecule has 0 aliphatic heterocycles. The van der Waals surface area contributed by atoms with Gasteiger partial charge in [-0.3, -0.25) is 4.68 Å². The number of carbonyl (C=O) groups is 2. The second-order valence-corrected chi connectivity index (χ2v) is 7.43. The monoisotopic (exact) mass is 410 g/mol. The summed E-state index contributed by atoms with van der Waals surface area (Å²) in [6.45, 7) is 5.17. The Kier molecular flexibility index (Phi) is 6.85. The molecule has 1 N–H and O–H groups in total. The van der Waals surface area contributed by atoms with Crippen molar-refractivity contribution in [2.45, 2.75) is 38.8 Å². The van der Waals surface area contributed by atoms with Crippen LogP contribution in [-0.4, -0.2) is 45.6 Å². The van der Waals surface area contributed by atoms with E-state index in [9.17, 15) is 9.59 Å². The third kappa shape index (κ3) is 6.41. The van der Waals surface area contributed by atoms with E-state index in [0.717, 1.165) is 0 Å². The summed E-state index contributed by atoms with van der Waals surface area (Å²) in [6.07, 6.45) is 3.90. The largest absolute Gasteiger partial charge is 0.467 e. The van der Waals surface area contributed by atoms with Crippen molar-refractivity contribution < 1.29 is 23.8 Å². The molecule has 0 aliphatic carbocycles. The minimum Gasteiger partial charge on any atom is -0.467 e. The number of alkyl carbamates (subject to hydrolysis) is 1. The molecule has 0 saturated heterocycles. The van der Waals surface area contributed by atoms with Crippen LogP contribution in [0.15, 0.2) is 24.7 Å². The van der Waals surface area contributed by atoms with Crippen molar-refractivity contribution in [1.82, 2.24) is 20.1 Å². The highest BCUT2D eigenvalue weighted by Gasteiger charge is 2.27. The number of pyridine rings is 1. The molecule has 2 aromatic rings. The molecular formula is C18H23ClN4O5. The van der Waals surface area contributed by atoms with E-state index >= 15 is 0 Å². The van der Waals surface area contributed by atoms with Gasteiger partial charge in [-0.05, 0) is 26.8 Å². The van der Waals surface area contributed by atoms with E-state index < -0.39 is 23.7 Å². The molecule has 1 amide bonds. The summed E-state index contributed by atoms with van der Waals surface area (Å²) < 4.78 is 17.3. The lowest BCUT2D eigenvalue weighted by atomic mass is 10.1. The highest BCUT2D eigenvalue weighted by Crippen LogP contribution is 2.26.